The number of fused-ring (bicyclic) bond motifs is 1. The smallest absolute Gasteiger partial charge is 0.243 e. The second kappa shape index (κ2) is 9.16. The highest BCUT2D eigenvalue weighted by molar-refractivity contribution is 5.85. The van der Waals surface area contributed by atoms with Gasteiger partial charge in [-0.1, -0.05) is 12.8 Å². The predicted octanol–water partition coefficient (Wildman–Crippen LogP) is 0.305. The van der Waals surface area contributed by atoms with Crippen molar-refractivity contribution in [3.8, 4) is 0 Å². The Labute approximate surface area is 160 Å². The fourth-order valence-corrected chi connectivity index (χ4v) is 3.55. The molecule has 150 valence electrons. The highest BCUT2D eigenvalue weighted by Crippen LogP contribution is 2.18. The Morgan fingerprint density at radius 3 is 2.70 bits per heavy atom. The number of aliphatic imine (C=N–C) groups is 1. The summed E-state index contributed by atoms with van der Waals surface area (Å²) in [5.74, 6) is 2.45. The lowest BCUT2D eigenvalue weighted by atomic mass is 10.1. The molecular weight excluding hydrogens is 346 g/mol. The van der Waals surface area contributed by atoms with Crippen molar-refractivity contribution in [1.29, 1.82) is 0 Å². The van der Waals surface area contributed by atoms with Gasteiger partial charge >= 0.3 is 0 Å². The summed E-state index contributed by atoms with van der Waals surface area (Å²) in [6.07, 6.45) is 6.62. The van der Waals surface area contributed by atoms with E-state index in [1.54, 1.807) is 26.1 Å². The van der Waals surface area contributed by atoms with Gasteiger partial charge in [0.25, 0.3) is 0 Å². The normalized spacial score (nSPS) is 20.4. The number of likely N-dealkylation sites (N-methyl/N-ethyl adjacent to an activating group) is 1. The van der Waals surface area contributed by atoms with Crippen LogP contribution in [-0.2, 0) is 29.1 Å². The number of aryl methyl sites for hydroxylation is 1. The van der Waals surface area contributed by atoms with Crippen molar-refractivity contribution in [2.75, 3.05) is 27.7 Å². The molecule has 0 saturated heterocycles. The van der Waals surface area contributed by atoms with Gasteiger partial charge in [0.15, 0.2) is 11.8 Å². The SMILES string of the molecule is COCc1nc2n(n1)CC(NC(=NCC(=O)N(C)C)NC1CCCC1)CC2. The second-order valence-electron chi connectivity index (χ2n) is 7.52. The first kappa shape index (κ1) is 19.6. The molecule has 1 aromatic heterocycles. The molecule has 3 rings (SSSR count). The number of hydrogen-bond donors (Lipinski definition) is 2. The molecule has 0 bridgehead atoms. The average molecular weight is 377 g/mol. The number of amides is 1. The minimum atomic E-state index is -0.00561. The molecule has 1 aliphatic carbocycles. The number of hydrogen-bond acceptors (Lipinski definition) is 5. The molecule has 1 aromatic rings. The van der Waals surface area contributed by atoms with Gasteiger partial charge in [0, 0.05) is 39.7 Å². The summed E-state index contributed by atoms with van der Waals surface area (Å²) in [5.41, 5.74) is 0. The quantitative estimate of drug-likeness (QED) is 0.547. The zero-order valence-electron chi connectivity index (χ0n) is 16.6. The van der Waals surface area contributed by atoms with E-state index in [1.165, 1.54) is 12.8 Å². The van der Waals surface area contributed by atoms with Crippen molar-refractivity contribution in [3.05, 3.63) is 11.6 Å². The molecule has 0 spiro atoms. The Bertz CT molecular complexity index is 665. The summed E-state index contributed by atoms with van der Waals surface area (Å²) < 4.78 is 7.08. The zero-order chi connectivity index (χ0) is 19.2. The van der Waals surface area contributed by atoms with E-state index < -0.39 is 0 Å². The average Bonchev–Trinajstić information content (AvgIpc) is 3.28. The van der Waals surface area contributed by atoms with Crippen LogP contribution >= 0.6 is 0 Å². The third-order valence-electron chi connectivity index (χ3n) is 5.08. The summed E-state index contributed by atoms with van der Waals surface area (Å²) >= 11 is 0. The molecule has 1 unspecified atom stereocenters. The fraction of sp³-hybridized carbons (Fsp3) is 0.778. The molecule has 0 aromatic carbocycles. The van der Waals surface area contributed by atoms with Gasteiger partial charge in [-0.15, -0.1) is 0 Å². The summed E-state index contributed by atoms with van der Waals surface area (Å²) in [4.78, 5) is 22.5. The summed E-state index contributed by atoms with van der Waals surface area (Å²) in [7, 11) is 5.15. The molecule has 1 aliphatic heterocycles. The number of carbonyl (C=O) groups is 1. The number of carbonyl (C=O) groups excluding carboxylic acids is 1. The van der Waals surface area contributed by atoms with Gasteiger partial charge in [0.2, 0.25) is 5.91 Å². The summed E-state index contributed by atoms with van der Waals surface area (Å²) in [6.45, 7) is 1.31. The maximum Gasteiger partial charge on any atom is 0.243 e. The number of nitrogens with one attached hydrogen (secondary N) is 2. The minimum Gasteiger partial charge on any atom is -0.377 e. The van der Waals surface area contributed by atoms with Crippen LogP contribution in [0.25, 0.3) is 0 Å². The second-order valence-corrected chi connectivity index (χ2v) is 7.52. The first-order chi connectivity index (χ1) is 13.0. The van der Waals surface area contributed by atoms with Gasteiger partial charge in [0.1, 0.15) is 19.0 Å². The van der Waals surface area contributed by atoms with E-state index in [1.807, 2.05) is 4.68 Å². The van der Waals surface area contributed by atoms with Crippen LogP contribution in [0.4, 0.5) is 0 Å². The van der Waals surface area contributed by atoms with Crippen molar-refractivity contribution in [1.82, 2.24) is 30.3 Å². The Morgan fingerprint density at radius 1 is 1.26 bits per heavy atom. The molecule has 27 heavy (non-hydrogen) atoms. The molecule has 1 atom stereocenters. The topological polar surface area (TPSA) is 96.7 Å². The Morgan fingerprint density at radius 2 is 2.00 bits per heavy atom. The van der Waals surface area contributed by atoms with Crippen molar-refractivity contribution in [3.63, 3.8) is 0 Å². The highest BCUT2D eigenvalue weighted by Gasteiger charge is 2.24. The Kier molecular flexibility index (Phi) is 6.65. The van der Waals surface area contributed by atoms with E-state index in [0.29, 0.717) is 12.6 Å². The van der Waals surface area contributed by atoms with Crippen LogP contribution in [0.3, 0.4) is 0 Å². The standard InChI is InChI=1S/C18H31N7O2/c1-24(2)17(26)10-19-18(20-13-6-4-5-7-13)21-14-8-9-16-22-15(12-27-3)23-25(16)11-14/h13-14H,4-12H2,1-3H3,(H2,19,20,21). The zero-order valence-corrected chi connectivity index (χ0v) is 16.6. The molecule has 2 heterocycles. The van der Waals surface area contributed by atoms with Crippen LogP contribution in [0, 0.1) is 0 Å². The third-order valence-corrected chi connectivity index (χ3v) is 5.08. The van der Waals surface area contributed by atoms with Crippen molar-refractivity contribution < 1.29 is 9.53 Å². The highest BCUT2D eigenvalue weighted by atomic mass is 16.5. The Hall–Kier alpha value is -2.16. The lowest BCUT2D eigenvalue weighted by Crippen LogP contribution is -2.49. The predicted molar refractivity (Wildman–Crippen MR) is 102 cm³/mol. The first-order valence-corrected chi connectivity index (χ1v) is 9.74. The molecule has 2 aliphatic rings. The van der Waals surface area contributed by atoms with E-state index in [-0.39, 0.29) is 18.5 Å². The van der Waals surface area contributed by atoms with Gasteiger partial charge in [-0.2, -0.15) is 5.10 Å². The molecule has 2 N–H and O–H groups in total. The van der Waals surface area contributed by atoms with Crippen LogP contribution in [0.1, 0.15) is 43.8 Å². The number of nitrogens with zero attached hydrogens (tertiary/aromatic N) is 5. The molecule has 9 nitrogen and oxygen atoms in total. The van der Waals surface area contributed by atoms with Gasteiger partial charge in [0.05, 0.1) is 6.54 Å². The maximum absolute atomic E-state index is 11.9. The van der Waals surface area contributed by atoms with Crippen LogP contribution in [0.15, 0.2) is 4.99 Å². The summed E-state index contributed by atoms with van der Waals surface area (Å²) in [5, 5.41) is 11.5. The third kappa shape index (κ3) is 5.41. The molecular formula is C18H31N7O2. The first-order valence-electron chi connectivity index (χ1n) is 9.74. The van der Waals surface area contributed by atoms with E-state index in [0.717, 1.165) is 49.8 Å². The van der Waals surface area contributed by atoms with Crippen LogP contribution < -0.4 is 10.6 Å². The van der Waals surface area contributed by atoms with Gasteiger partial charge in [-0.3, -0.25) is 4.79 Å². The number of ether oxygens (including phenoxy) is 1. The van der Waals surface area contributed by atoms with E-state index in [4.69, 9.17) is 4.74 Å². The monoisotopic (exact) mass is 377 g/mol. The molecule has 1 amide bonds. The lowest BCUT2D eigenvalue weighted by Gasteiger charge is -2.27. The largest absolute Gasteiger partial charge is 0.377 e. The Balaban J connectivity index is 1.63. The van der Waals surface area contributed by atoms with Crippen LogP contribution in [0.5, 0.6) is 0 Å². The van der Waals surface area contributed by atoms with Gasteiger partial charge in [-0.25, -0.2) is 14.7 Å². The van der Waals surface area contributed by atoms with Crippen LogP contribution in [-0.4, -0.2) is 71.4 Å². The molecule has 1 saturated carbocycles. The van der Waals surface area contributed by atoms with Crippen molar-refractivity contribution >= 4 is 11.9 Å². The van der Waals surface area contributed by atoms with E-state index >= 15 is 0 Å². The molecule has 9 heteroatoms. The lowest BCUT2D eigenvalue weighted by molar-refractivity contribution is -0.127. The number of guanidine groups is 1. The maximum atomic E-state index is 11.9. The molecule has 0 radical (unpaired) electrons. The fourth-order valence-electron chi connectivity index (χ4n) is 3.55. The number of rotatable bonds is 6. The van der Waals surface area contributed by atoms with Gasteiger partial charge in [-0.05, 0) is 19.3 Å². The van der Waals surface area contributed by atoms with Crippen molar-refractivity contribution in [2.24, 2.45) is 4.99 Å². The van der Waals surface area contributed by atoms with Crippen molar-refractivity contribution in [2.45, 2.75) is 63.8 Å². The number of aromatic nitrogens is 3. The van der Waals surface area contributed by atoms with E-state index in [2.05, 4.69) is 25.7 Å². The number of methoxy groups -OCH3 is 1. The minimum absolute atomic E-state index is 0.00561. The molecule has 1 fully saturated rings. The summed E-state index contributed by atoms with van der Waals surface area (Å²) in [6, 6.07) is 0.640. The van der Waals surface area contributed by atoms with Crippen LogP contribution in [0.2, 0.25) is 0 Å². The van der Waals surface area contributed by atoms with E-state index in [9.17, 15) is 4.79 Å². The van der Waals surface area contributed by atoms with Gasteiger partial charge < -0.3 is 20.3 Å².